The Morgan fingerprint density at radius 1 is 1.24 bits per heavy atom. The SMILES string of the molecule is CCCCN(CCNc1cc(OC)cc2cccnc12)C[C@@H](C)CC. The molecule has 0 saturated heterocycles. The van der Waals surface area contributed by atoms with Crippen molar-refractivity contribution in [2.24, 2.45) is 5.92 Å². The van der Waals surface area contributed by atoms with Crippen molar-refractivity contribution in [3.05, 3.63) is 30.5 Å². The van der Waals surface area contributed by atoms with E-state index >= 15 is 0 Å². The summed E-state index contributed by atoms with van der Waals surface area (Å²) in [5, 5.41) is 4.68. The van der Waals surface area contributed by atoms with Crippen LogP contribution in [0.2, 0.25) is 0 Å². The van der Waals surface area contributed by atoms with E-state index < -0.39 is 0 Å². The molecule has 4 nitrogen and oxygen atoms in total. The van der Waals surface area contributed by atoms with Crippen molar-refractivity contribution in [3.8, 4) is 5.75 Å². The molecular weight excluding hydrogens is 310 g/mol. The van der Waals surface area contributed by atoms with Crippen LogP contribution in [-0.2, 0) is 0 Å². The van der Waals surface area contributed by atoms with Gasteiger partial charge in [0.15, 0.2) is 0 Å². The van der Waals surface area contributed by atoms with Crippen LogP contribution in [0, 0.1) is 5.92 Å². The highest BCUT2D eigenvalue weighted by Gasteiger charge is 2.10. The van der Waals surface area contributed by atoms with Gasteiger partial charge in [0.1, 0.15) is 5.75 Å². The van der Waals surface area contributed by atoms with Gasteiger partial charge in [-0.25, -0.2) is 0 Å². The summed E-state index contributed by atoms with van der Waals surface area (Å²) in [6.07, 6.45) is 5.59. The van der Waals surface area contributed by atoms with Crippen molar-refractivity contribution < 1.29 is 4.74 Å². The Balaban J connectivity index is 2.02. The molecule has 1 atom stereocenters. The Labute approximate surface area is 152 Å². The molecule has 1 heterocycles. The molecule has 0 aliphatic carbocycles. The summed E-state index contributed by atoms with van der Waals surface area (Å²) < 4.78 is 5.43. The van der Waals surface area contributed by atoms with Crippen LogP contribution < -0.4 is 10.1 Å². The molecular formula is C21H33N3O. The van der Waals surface area contributed by atoms with Gasteiger partial charge in [-0.05, 0) is 31.0 Å². The second-order valence-corrected chi connectivity index (χ2v) is 6.84. The van der Waals surface area contributed by atoms with Crippen molar-refractivity contribution in [3.63, 3.8) is 0 Å². The van der Waals surface area contributed by atoms with E-state index in [2.05, 4.69) is 42.0 Å². The fraction of sp³-hybridized carbons (Fsp3) is 0.571. The van der Waals surface area contributed by atoms with E-state index in [1.807, 2.05) is 24.4 Å². The number of hydrogen-bond acceptors (Lipinski definition) is 4. The summed E-state index contributed by atoms with van der Waals surface area (Å²) in [7, 11) is 1.71. The third-order valence-electron chi connectivity index (χ3n) is 4.75. The molecule has 0 bridgehead atoms. The van der Waals surface area contributed by atoms with E-state index in [4.69, 9.17) is 4.74 Å². The van der Waals surface area contributed by atoms with Gasteiger partial charge in [-0.1, -0.05) is 39.7 Å². The van der Waals surface area contributed by atoms with Crippen LogP contribution in [0.5, 0.6) is 5.75 Å². The Morgan fingerprint density at radius 2 is 2.08 bits per heavy atom. The van der Waals surface area contributed by atoms with Crippen LogP contribution in [-0.4, -0.2) is 43.2 Å². The van der Waals surface area contributed by atoms with Crippen molar-refractivity contribution in [1.82, 2.24) is 9.88 Å². The normalized spacial score (nSPS) is 12.5. The van der Waals surface area contributed by atoms with Gasteiger partial charge in [0.25, 0.3) is 0 Å². The molecule has 2 aromatic rings. The lowest BCUT2D eigenvalue weighted by molar-refractivity contribution is 0.239. The smallest absolute Gasteiger partial charge is 0.121 e. The lowest BCUT2D eigenvalue weighted by Crippen LogP contribution is -2.33. The van der Waals surface area contributed by atoms with Gasteiger partial charge in [0.05, 0.1) is 18.3 Å². The molecule has 0 amide bonds. The van der Waals surface area contributed by atoms with Gasteiger partial charge in [0.2, 0.25) is 0 Å². The number of ether oxygens (including phenoxy) is 1. The fourth-order valence-electron chi connectivity index (χ4n) is 3.01. The zero-order valence-electron chi connectivity index (χ0n) is 16.2. The predicted molar refractivity (Wildman–Crippen MR) is 108 cm³/mol. The molecule has 0 aliphatic heterocycles. The first-order valence-corrected chi connectivity index (χ1v) is 9.56. The predicted octanol–water partition coefficient (Wildman–Crippen LogP) is 4.80. The number of benzene rings is 1. The largest absolute Gasteiger partial charge is 0.497 e. The molecule has 0 unspecified atom stereocenters. The van der Waals surface area contributed by atoms with Gasteiger partial charge in [-0.3, -0.25) is 4.98 Å². The molecule has 2 rings (SSSR count). The number of pyridine rings is 1. The Kier molecular flexibility index (Phi) is 7.99. The van der Waals surface area contributed by atoms with Crippen LogP contribution in [0.3, 0.4) is 0 Å². The summed E-state index contributed by atoms with van der Waals surface area (Å²) in [6, 6.07) is 8.11. The third-order valence-corrected chi connectivity index (χ3v) is 4.75. The van der Waals surface area contributed by atoms with E-state index in [0.717, 1.165) is 41.3 Å². The lowest BCUT2D eigenvalue weighted by atomic mass is 10.1. The highest BCUT2D eigenvalue weighted by atomic mass is 16.5. The molecule has 25 heavy (non-hydrogen) atoms. The van der Waals surface area contributed by atoms with Gasteiger partial charge >= 0.3 is 0 Å². The maximum atomic E-state index is 5.43. The van der Waals surface area contributed by atoms with E-state index in [1.165, 1.54) is 32.4 Å². The zero-order chi connectivity index (χ0) is 18.1. The quantitative estimate of drug-likeness (QED) is 0.636. The summed E-state index contributed by atoms with van der Waals surface area (Å²) in [5.41, 5.74) is 2.05. The first kappa shape index (κ1) is 19.5. The summed E-state index contributed by atoms with van der Waals surface area (Å²) in [6.45, 7) is 11.2. The molecule has 138 valence electrons. The average molecular weight is 344 g/mol. The highest BCUT2D eigenvalue weighted by Crippen LogP contribution is 2.27. The standard InChI is InChI=1S/C21H33N3O/c1-5-7-12-24(16-17(3)6-2)13-11-22-20-15-19(25-4)14-18-9-8-10-23-21(18)20/h8-10,14-15,17,22H,5-7,11-13,16H2,1-4H3/t17-/m0/s1. The van der Waals surface area contributed by atoms with Crippen LogP contribution >= 0.6 is 0 Å². The topological polar surface area (TPSA) is 37.4 Å². The lowest BCUT2D eigenvalue weighted by Gasteiger charge is -2.25. The Bertz CT molecular complexity index is 644. The monoisotopic (exact) mass is 343 g/mol. The number of aromatic nitrogens is 1. The number of fused-ring (bicyclic) bond motifs is 1. The van der Waals surface area contributed by atoms with Crippen molar-refractivity contribution >= 4 is 16.6 Å². The summed E-state index contributed by atoms with van der Waals surface area (Å²) in [5.74, 6) is 1.61. The summed E-state index contributed by atoms with van der Waals surface area (Å²) >= 11 is 0. The minimum absolute atomic E-state index is 0.746. The molecule has 1 aromatic heterocycles. The zero-order valence-corrected chi connectivity index (χ0v) is 16.2. The van der Waals surface area contributed by atoms with E-state index in [1.54, 1.807) is 7.11 Å². The molecule has 4 heteroatoms. The number of nitrogens with one attached hydrogen (secondary N) is 1. The van der Waals surface area contributed by atoms with Crippen molar-refractivity contribution in [2.75, 3.05) is 38.6 Å². The summed E-state index contributed by atoms with van der Waals surface area (Å²) in [4.78, 5) is 7.12. The van der Waals surface area contributed by atoms with E-state index in [9.17, 15) is 0 Å². The maximum Gasteiger partial charge on any atom is 0.121 e. The van der Waals surface area contributed by atoms with Gasteiger partial charge in [0, 0.05) is 37.3 Å². The molecule has 1 N–H and O–H groups in total. The van der Waals surface area contributed by atoms with Crippen molar-refractivity contribution in [1.29, 1.82) is 0 Å². The number of rotatable bonds is 11. The highest BCUT2D eigenvalue weighted by molar-refractivity contribution is 5.91. The van der Waals surface area contributed by atoms with Crippen LogP contribution in [0.1, 0.15) is 40.0 Å². The van der Waals surface area contributed by atoms with Gasteiger partial charge in [-0.2, -0.15) is 0 Å². The molecule has 0 fully saturated rings. The Hall–Kier alpha value is -1.81. The third kappa shape index (κ3) is 5.89. The maximum absolute atomic E-state index is 5.43. The number of methoxy groups -OCH3 is 1. The minimum Gasteiger partial charge on any atom is -0.497 e. The van der Waals surface area contributed by atoms with Crippen LogP contribution in [0.25, 0.3) is 10.9 Å². The number of hydrogen-bond donors (Lipinski definition) is 1. The van der Waals surface area contributed by atoms with Gasteiger partial charge < -0.3 is 15.0 Å². The minimum atomic E-state index is 0.746. The van der Waals surface area contributed by atoms with Gasteiger partial charge in [-0.15, -0.1) is 0 Å². The van der Waals surface area contributed by atoms with E-state index in [-0.39, 0.29) is 0 Å². The van der Waals surface area contributed by atoms with Crippen molar-refractivity contribution in [2.45, 2.75) is 40.0 Å². The van der Waals surface area contributed by atoms with Crippen LogP contribution in [0.15, 0.2) is 30.5 Å². The number of anilines is 1. The second-order valence-electron chi connectivity index (χ2n) is 6.84. The van der Waals surface area contributed by atoms with E-state index in [0.29, 0.717) is 0 Å². The molecule has 0 aliphatic rings. The average Bonchev–Trinajstić information content (AvgIpc) is 2.65. The molecule has 0 spiro atoms. The molecule has 0 saturated carbocycles. The molecule has 0 radical (unpaired) electrons. The number of nitrogens with zero attached hydrogens (tertiary/aromatic N) is 2. The fourth-order valence-corrected chi connectivity index (χ4v) is 3.01. The first-order valence-electron chi connectivity index (χ1n) is 9.56. The Morgan fingerprint density at radius 3 is 2.80 bits per heavy atom. The first-order chi connectivity index (χ1) is 12.2. The second kappa shape index (κ2) is 10.2. The van der Waals surface area contributed by atoms with Crippen LogP contribution in [0.4, 0.5) is 5.69 Å². The number of unbranched alkanes of at least 4 members (excludes halogenated alkanes) is 1. The molecule has 1 aromatic carbocycles.